The minimum atomic E-state index is -6.42. The lowest BCUT2D eigenvalue weighted by molar-refractivity contribution is -0.271. The summed E-state index contributed by atoms with van der Waals surface area (Å²) in [4.78, 5) is 0. The Bertz CT molecular complexity index is 588. The van der Waals surface area contributed by atoms with E-state index in [-0.39, 0.29) is 0 Å². The Hall–Kier alpha value is -0.580. The van der Waals surface area contributed by atoms with Crippen LogP contribution in [0, 0.1) is 0 Å². The summed E-state index contributed by atoms with van der Waals surface area (Å²) >= 11 is 0. The molecule has 0 radical (unpaired) electrons. The quantitative estimate of drug-likeness (QED) is 0.211. The van der Waals surface area contributed by atoms with E-state index in [2.05, 4.69) is 22.6 Å². The van der Waals surface area contributed by atoms with Crippen molar-refractivity contribution in [1.29, 1.82) is 0 Å². The monoisotopic (exact) mass is 452 g/mol. The first kappa shape index (κ1) is 26.4. The summed E-state index contributed by atoms with van der Waals surface area (Å²) in [6, 6.07) is 0. The van der Waals surface area contributed by atoms with Crippen molar-refractivity contribution < 1.29 is 58.1 Å². The highest BCUT2D eigenvalue weighted by molar-refractivity contribution is 7.59. The zero-order chi connectivity index (χ0) is 21.5. The highest BCUT2D eigenvalue weighted by atomic mass is 31.2. The van der Waals surface area contributed by atoms with Crippen LogP contribution in [0.3, 0.4) is 0 Å². The third-order valence-electron chi connectivity index (χ3n) is 2.44. The first-order valence-corrected chi connectivity index (χ1v) is 10.6. The van der Waals surface area contributed by atoms with E-state index in [0.717, 1.165) is 0 Å². The minimum absolute atomic E-state index is 0.421. The van der Waals surface area contributed by atoms with Crippen molar-refractivity contribution in [3.05, 3.63) is 11.3 Å². The van der Waals surface area contributed by atoms with Gasteiger partial charge in [-0.05, 0) is 27.7 Å². The molecule has 0 N–H and O–H groups in total. The van der Waals surface area contributed by atoms with Crippen LogP contribution < -0.4 is 0 Å². The smallest absolute Gasteiger partial charge is 0.392 e. The molecule has 15 heteroatoms. The average molecular weight is 452 g/mol. The number of phosphoric acid groups is 1. The molecule has 0 aromatic carbocycles. The molecule has 0 aromatic heterocycles. The van der Waals surface area contributed by atoms with Gasteiger partial charge in [0.1, 0.15) is 0 Å². The third kappa shape index (κ3) is 6.76. The summed E-state index contributed by atoms with van der Waals surface area (Å²) < 4.78 is 126. The maximum absolute atomic E-state index is 14.2. The number of halogens is 6. The van der Waals surface area contributed by atoms with Crippen molar-refractivity contribution in [2.75, 3.05) is 26.4 Å². The topological polar surface area (TPSA) is 80.3 Å². The van der Waals surface area contributed by atoms with E-state index in [4.69, 9.17) is 0 Å². The summed E-state index contributed by atoms with van der Waals surface area (Å²) in [5.74, 6) is -9.49. The summed E-state index contributed by atoms with van der Waals surface area (Å²) in [5, 5.41) is 0. The van der Waals surface area contributed by atoms with Crippen molar-refractivity contribution in [2.45, 2.75) is 39.8 Å². The Balaban J connectivity index is 6.62. The molecule has 0 amide bonds. The van der Waals surface area contributed by atoms with Gasteiger partial charge < -0.3 is 13.6 Å². The third-order valence-corrected chi connectivity index (χ3v) is 6.12. The van der Waals surface area contributed by atoms with Gasteiger partial charge in [0, 0.05) is 0 Å². The van der Waals surface area contributed by atoms with E-state index in [1.165, 1.54) is 27.7 Å². The zero-order valence-corrected chi connectivity index (χ0v) is 16.6. The fraction of sp³-hybridized carbons (Fsp3) is 0.833. The lowest BCUT2D eigenvalue weighted by atomic mass is 10.3. The number of allylic oxidation sites excluding steroid dienone is 1. The van der Waals surface area contributed by atoms with E-state index in [1.807, 2.05) is 0 Å². The second-order valence-corrected chi connectivity index (χ2v) is 7.91. The van der Waals surface area contributed by atoms with Crippen LogP contribution >= 0.6 is 15.4 Å². The molecule has 0 aliphatic carbocycles. The van der Waals surface area contributed by atoms with E-state index in [1.54, 1.807) is 0 Å². The van der Waals surface area contributed by atoms with Gasteiger partial charge in [-0.15, -0.1) is 0 Å². The predicted molar refractivity (Wildman–Crippen MR) is 81.9 cm³/mol. The van der Waals surface area contributed by atoms with Crippen molar-refractivity contribution in [3.8, 4) is 0 Å². The van der Waals surface area contributed by atoms with Gasteiger partial charge in [-0.1, -0.05) is 0 Å². The molecule has 162 valence electrons. The van der Waals surface area contributed by atoms with Gasteiger partial charge in [0.05, 0.1) is 26.4 Å². The van der Waals surface area contributed by atoms with Crippen molar-refractivity contribution in [2.24, 2.45) is 0 Å². The average Bonchev–Trinajstić information content (AvgIpc) is 2.51. The molecule has 0 fully saturated rings. The molecule has 0 bridgehead atoms. The lowest BCUT2D eigenvalue weighted by Gasteiger charge is -2.26. The standard InChI is InChI=1S/C12H20F6O7P2/c1-5-21-26(19,22-6-2)10(9(13)11(14,15)12(16,17)18)25-27(20,23-7-3)24-8-4/h5-8H2,1-4H3/b10-9+. The molecule has 0 saturated heterocycles. The number of hydrogen-bond acceptors (Lipinski definition) is 7. The summed E-state index contributed by atoms with van der Waals surface area (Å²) in [6.07, 6.45) is -6.42. The number of hydrogen-bond donors (Lipinski definition) is 0. The highest BCUT2D eigenvalue weighted by Crippen LogP contribution is 2.66. The maximum Gasteiger partial charge on any atom is 0.530 e. The fourth-order valence-corrected chi connectivity index (χ4v) is 4.65. The number of rotatable bonds is 12. The lowest BCUT2D eigenvalue weighted by Crippen LogP contribution is -2.38. The van der Waals surface area contributed by atoms with Crippen LogP contribution in [0.4, 0.5) is 26.3 Å². The van der Waals surface area contributed by atoms with Crippen molar-refractivity contribution in [3.63, 3.8) is 0 Å². The van der Waals surface area contributed by atoms with Gasteiger partial charge in [-0.3, -0.25) is 13.6 Å². The summed E-state index contributed by atoms with van der Waals surface area (Å²) in [7, 11) is -10.2. The Morgan fingerprint density at radius 3 is 1.44 bits per heavy atom. The molecule has 27 heavy (non-hydrogen) atoms. The number of alkyl halides is 5. The van der Waals surface area contributed by atoms with Crippen LogP contribution in [0.1, 0.15) is 27.7 Å². The van der Waals surface area contributed by atoms with Crippen LogP contribution in [-0.2, 0) is 31.7 Å². The zero-order valence-electron chi connectivity index (χ0n) is 14.8. The summed E-state index contributed by atoms with van der Waals surface area (Å²) in [5.41, 5.74) is -2.24. The van der Waals surface area contributed by atoms with Crippen molar-refractivity contribution in [1.82, 2.24) is 0 Å². The van der Waals surface area contributed by atoms with Gasteiger partial charge in [0.25, 0.3) is 5.50 Å². The fourth-order valence-electron chi connectivity index (χ4n) is 1.48. The summed E-state index contributed by atoms with van der Waals surface area (Å²) in [6.45, 7) is 2.91. The molecule has 0 aliphatic rings. The van der Waals surface area contributed by atoms with Crippen LogP contribution in [0.5, 0.6) is 0 Å². The predicted octanol–water partition coefficient (Wildman–Crippen LogP) is 5.79. The van der Waals surface area contributed by atoms with Gasteiger partial charge in [0.2, 0.25) is 5.83 Å². The molecule has 0 unspecified atom stereocenters. The Morgan fingerprint density at radius 2 is 1.15 bits per heavy atom. The van der Waals surface area contributed by atoms with E-state index in [9.17, 15) is 35.5 Å². The highest BCUT2D eigenvalue weighted by Gasteiger charge is 2.64. The first-order chi connectivity index (χ1) is 12.2. The van der Waals surface area contributed by atoms with Crippen LogP contribution in [0.25, 0.3) is 0 Å². The first-order valence-electron chi connectivity index (χ1n) is 7.57. The minimum Gasteiger partial charge on any atom is -0.392 e. The Labute approximate surface area is 152 Å². The largest absolute Gasteiger partial charge is 0.530 e. The van der Waals surface area contributed by atoms with E-state index >= 15 is 0 Å². The molecule has 0 aliphatic heterocycles. The van der Waals surface area contributed by atoms with Gasteiger partial charge in [0.15, 0.2) is 0 Å². The molecular formula is C12H20F6O7P2. The normalized spacial score (nSPS) is 14.9. The van der Waals surface area contributed by atoms with Crippen LogP contribution in [-0.4, -0.2) is 38.5 Å². The maximum atomic E-state index is 14.2. The second-order valence-electron chi connectivity index (χ2n) is 4.40. The van der Waals surface area contributed by atoms with E-state index in [0.29, 0.717) is 0 Å². The van der Waals surface area contributed by atoms with Gasteiger partial charge in [-0.25, -0.2) is 8.96 Å². The molecule has 7 nitrogen and oxygen atoms in total. The van der Waals surface area contributed by atoms with Crippen LogP contribution in [0.15, 0.2) is 11.3 Å². The molecule has 0 atom stereocenters. The Morgan fingerprint density at radius 1 is 0.778 bits per heavy atom. The second kappa shape index (κ2) is 10.3. The molecular weight excluding hydrogens is 432 g/mol. The molecule has 0 heterocycles. The van der Waals surface area contributed by atoms with Gasteiger partial charge >= 0.3 is 27.5 Å². The molecule has 0 saturated carbocycles. The van der Waals surface area contributed by atoms with Crippen molar-refractivity contribution >= 4 is 15.4 Å². The van der Waals surface area contributed by atoms with Crippen LogP contribution in [0.2, 0.25) is 0 Å². The molecule has 0 rings (SSSR count). The van der Waals surface area contributed by atoms with Gasteiger partial charge in [-0.2, -0.15) is 22.0 Å². The Kier molecular flexibility index (Phi) is 10.0. The SMILES string of the molecule is CCOP(=O)(OCC)O/C(=C(\F)C(F)(F)C(F)(F)F)P(=O)(OCC)OCC. The molecule has 0 aromatic rings. The van der Waals surface area contributed by atoms with E-state index < -0.39 is 65.3 Å². The molecule has 0 spiro atoms. The number of phosphoric ester groups is 1.